The minimum Gasteiger partial charge on any atom is -0.414 e. The first-order chi connectivity index (χ1) is 6.12. The lowest BCUT2D eigenvalue weighted by Gasteiger charge is -2.21. The van der Waals surface area contributed by atoms with E-state index in [1.54, 1.807) is 0 Å². The Bertz CT molecular complexity index is 132. The molecule has 0 spiro atoms. The van der Waals surface area contributed by atoms with Gasteiger partial charge in [0.05, 0.1) is 6.61 Å². The van der Waals surface area contributed by atoms with Gasteiger partial charge in [-0.05, 0) is 19.1 Å². The summed E-state index contributed by atoms with van der Waals surface area (Å²) in [5.41, 5.74) is 0. The molecule has 13 heavy (non-hydrogen) atoms. The molecular formula is C11H24OSi. The topological polar surface area (TPSA) is 9.23 Å². The molecule has 0 N–H and O–H groups in total. The second-order valence-corrected chi connectivity index (χ2v) is 8.48. The van der Waals surface area contributed by atoms with Gasteiger partial charge in [-0.2, -0.15) is 0 Å². The van der Waals surface area contributed by atoms with Crippen LogP contribution in [0, 0.1) is 0 Å². The van der Waals surface area contributed by atoms with Crippen LogP contribution in [0.5, 0.6) is 0 Å². The van der Waals surface area contributed by atoms with Gasteiger partial charge in [-0.3, -0.25) is 0 Å². The van der Waals surface area contributed by atoms with E-state index in [0.717, 1.165) is 6.61 Å². The molecule has 0 saturated heterocycles. The van der Waals surface area contributed by atoms with Crippen molar-refractivity contribution in [2.24, 2.45) is 0 Å². The first kappa shape index (κ1) is 12.9. The quantitative estimate of drug-likeness (QED) is 0.327. The van der Waals surface area contributed by atoms with Gasteiger partial charge in [0.15, 0.2) is 8.32 Å². The highest BCUT2D eigenvalue weighted by molar-refractivity contribution is 6.71. The molecule has 1 nitrogen and oxygen atoms in total. The van der Waals surface area contributed by atoms with Crippen LogP contribution >= 0.6 is 0 Å². The van der Waals surface area contributed by atoms with Crippen LogP contribution in [0.3, 0.4) is 0 Å². The van der Waals surface area contributed by atoms with Gasteiger partial charge >= 0.3 is 0 Å². The van der Waals surface area contributed by atoms with Crippen LogP contribution in [0.1, 0.15) is 32.6 Å². The van der Waals surface area contributed by atoms with Gasteiger partial charge in [0.25, 0.3) is 0 Å². The summed E-state index contributed by atoms with van der Waals surface area (Å²) in [4.78, 5) is 0. The van der Waals surface area contributed by atoms with Crippen LogP contribution in [0.4, 0.5) is 0 Å². The second-order valence-electron chi connectivity index (χ2n) is 4.17. The maximum atomic E-state index is 5.78. The average Bonchev–Trinajstić information content (AvgIpc) is 2.09. The molecule has 0 atom stereocenters. The zero-order valence-electron chi connectivity index (χ0n) is 9.44. The van der Waals surface area contributed by atoms with Crippen molar-refractivity contribution in [3.63, 3.8) is 0 Å². The summed E-state index contributed by atoms with van der Waals surface area (Å²) in [5.74, 6) is 0. The van der Waals surface area contributed by atoms with Crippen molar-refractivity contribution in [2.75, 3.05) is 6.61 Å². The summed E-state index contributed by atoms with van der Waals surface area (Å²) in [6.45, 7) is 11.2. The van der Waals surface area contributed by atoms with Crippen molar-refractivity contribution in [3.05, 3.63) is 12.7 Å². The predicted molar refractivity (Wildman–Crippen MR) is 62.6 cm³/mol. The molecule has 0 radical (unpaired) electrons. The maximum absolute atomic E-state index is 5.78. The minimum atomic E-state index is -1.35. The van der Waals surface area contributed by atoms with E-state index in [2.05, 4.69) is 26.6 Å². The van der Waals surface area contributed by atoms with E-state index in [9.17, 15) is 0 Å². The van der Waals surface area contributed by atoms with Crippen molar-refractivity contribution in [3.8, 4) is 0 Å². The van der Waals surface area contributed by atoms with E-state index in [4.69, 9.17) is 4.43 Å². The third-order valence-electron chi connectivity index (χ3n) is 2.22. The fourth-order valence-electron chi connectivity index (χ4n) is 1.33. The maximum Gasteiger partial charge on any atom is 0.187 e. The first-order valence-electron chi connectivity index (χ1n) is 5.37. The summed E-state index contributed by atoms with van der Waals surface area (Å²) >= 11 is 0. The Labute approximate surface area is 84.3 Å². The van der Waals surface area contributed by atoms with E-state index in [1.807, 2.05) is 6.08 Å². The summed E-state index contributed by atoms with van der Waals surface area (Å²) in [6, 6.07) is 1.29. The smallest absolute Gasteiger partial charge is 0.187 e. The van der Waals surface area contributed by atoms with Gasteiger partial charge in [-0.15, -0.1) is 6.58 Å². The van der Waals surface area contributed by atoms with Crippen molar-refractivity contribution in [1.82, 2.24) is 0 Å². The van der Waals surface area contributed by atoms with Crippen LogP contribution in [-0.4, -0.2) is 14.9 Å². The lowest BCUT2D eigenvalue weighted by Crippen LogP contribution is -2.30. The highest BCUT2D eigenvalue weighted by Crippen LogP contribution is 2.16. The fraction of sp³-hybridized carbons (Fsp3) is 0.818. The third kappa shape index (κ3) is 8.25. The molecule has 0 rings (SSSR count). The molecule has 0 amide bonds. The van der Waals surface area contributed by atoms with Gasteiger partial charge in [0.1, 0.15) is 0 Å². The Morgan fingerprint density at radius 2 is 1.92 bits per heavy atom. The van der Waals surface area contributed by atoms with Crippen molar-refractivity contribution in [1.29, 1.82) is 0 Å². The van der Waals surface area contributed by atoms with Crippen LogP contribution in [0.15, 0.2) is 12.7 Å². The van der Waals surface area contributed by atoms with Crippen LogP contribution < -0.4 is 0 Å². The Morgan fingerprint density at radius 3 is 2.46 bits per heavy atom. The van der Waals surface area contributed by atoms with E-state index in [0.29, 0.717) is 0 Å². The molecule has 2 heteroatoms. The second kappa shape index (κ2) is 7.33. The molecule has 0 aromatic carbocycles. The fourth-order valence-corrected chi connectivity index (χ4v) is 3.15. The molecule has 0 unspecified atom stereocenters. The third-order valence-corrected chi connectivity index (χ3v) is 4.73. The number of rotatable bonds is 8. The highest BCUT2D eigenvalue weighted by atomic mass is 28.4. The molecule has 78 valence electrons. The molecule has 0 aliphatic rings. The van der Waals surface area contributed by atoms with Gasteiger partial charge in [-0.25, -0.2) is 0 Å². The zero-order valence-corrected chi connectivity index (χ0v) is 10.4. The molecule has 0 bridgehead atoms. The van der Waals surface area contributed by atoms with Gasteiger partial charge < -0.3 is 4.43 Å². The first-order valence-corrected chi connectivity index (χ1v) is 8.49. The summed E-state index contributed by atoms with van der Waals surface area (Å²) in [5, 5.41) is 0. The van der Waals surface area contributed by atoms with Crippen molar-refractivity contribution >= 4 is 8.32 Å². The SMILES string of the molecule is C=CCO[Si](C)(C)CCCCCC. The van der Waals surface area contributed by atoms with Gasteiger partial charge in [0, 0.05) is 0 Å². The molecular weight excluding hydrogens is 176 g/mol. The van der Waals surface area contributed by atoms with E-state index in [-0.39, 0.29) is 0 Å². The summed E-state index contributed by atoms with van der Waals surface area (Å²) < 4.78 is 5.78. The van der Waals surface area contributed by atoms with Gasteiger partial charge in [0.2, 0.25) is 0 Å². The lowest BCUT2D eigenvalue weighted by molar-refractivity contribution is 0.350. The Balaban J connectivity index is 3.44. The molecule has 0 fully saturated rings. The van der Waals surface area contributed by atoms with E-state index < -0.39 is 8.32 Å². The van der Waals surface area contributed by atoms with E-state index in [1.165, 1.54) is 31.7 Å². The lowest BCUT2D eigenvalue weighted by atomic mass is 10.2. The monoisotopic (exact) mass is 200 g/mol. The normalized spacial score (nSPS) is 11.6. The molecule has 0 saturated carbocycles. The van der Waals surface area contributed by atoms with Crippen LogP contribution in [-0.2, 0) is 4.43 Å². The largest absolute Gasteiger partial charge is 0.414 e. The Hall–Kier alpha value is -0.0831. The van der Waals surface area contributed by atoms with Crippen LogP contribution in [0.25, 0.3) is 0 Å². The molecule has 0 aliphatic heterocycles. The summed E-state index contributed by atoms with van der Waals surface area (Å²) in [7, 11) is -1.35. The van der Waals surface area contributed by atoms with E-state index >= 15 is 0 Å². The molecule has 0 aromatic heterocycles. The number of hydrogen-bond donors (Lipinski definition) is 0. The predicted octanol–water partition coefficient (Wildman–Crippen LogP) is 3.97. The molecule has 0 heterocycles. The molecule has 0 aliphatic carbocycles. The Morgan fingerprint density at radius 1 is 1.23 bits per heavy atom. The average molecular weight is 200 g/mol. The Kier molecular flexibility index (Phi) is 7.29. The highest BCUT2D eigenvalue weighted by Gasteiger charge is 2.20. The van der Waals surface area contributed by atoms with Gasteiger partial charge in [-0.1, -0.05) is 38.7 Å². The minimum absolute atomic E-state index is 0.729. The number of unbranched alkanes of at least 4 members (excludes halogenated alkanes) is 3. The standard InChI is InChI=1S/C11H24OSi/c1-5-7-8-9-11-13(3,4)12-10-6-2/h6H,2,5,7-11H2,1,3-4H3. The van der Waals surface area contributed by atoms with Crippen molar-refractivity contribution in [2.45, 2.75) is 51.7 Å². The molecule has 0 aromatic rings. The zero-order chi connectivity index (χ0) is 10.2. The van der Waals surface area contributed by atoms with Crippen molar-refractivity contribution < 1.29 is 4.43 Å². The van der Waals surface area contributed by atoms with Crippen LogP contribution in [0.2, 0.25) is 19.1 Å². The number of hydrogen-bond acceptors (Lipinski definition) is 1. The summed E-state index contributed by atoms with van der Waals surface area (Å²) in [6.07, 6.45) is 7.23.